The lowest BCUT2D eigenvalue weighted by molar-refractivity contribution is -0.384. The number of carbonyl (C=O) groups is 1. The number of aromatic nitrogens is 1. The molecular formula is C50H60ClN7O6S. The van der Waals surface area contributed by atoms with Gasteiger partial charge in [-0.25, -0.2) is 13.1 Å². The van der Waals surface area contributed by atoms with Gasteiger partial charge in [0.2, 0.25) is 0 Å². The van der Waals surface area contributed by atoms with E-state index in [2.05, 4.69) is 76.1 Å². The summed E-state index contributed by atoms with van der Waals surface area (Å²) in [5.41, 5.74) is 5.78. The Morgan fingerprint density at radius 3 is 2.34 bits per heavy atom. The number of benzene rings is 4. The largest absolute Gasteiger partial charge is 0.456 e. The van der Waals surface area contributed by atoms with Crippen LogP contribution in [0.5, 0.6) is 11.5 Å². The SMILES string of the molecule is CN1CCC(Nc2ccc(S(=O)(=O)NC(=O)c3ccc(N4CCN(CC5=C(c6ccc(Cl)cc6)CC(C)(C)CC5)CC4)cc3Oc3cccc4c3ccn4C(C)(C)C)cc2[N+](=O)[O-])CC1. The first kappa shape index (κ1) is 46.1. The van der Waals surface area contributed by atoms with Crippen LogP contribution in [0.2, 0.25) is 5.02 Å². The maximum atomic E-state index is 14.2. The van der Waals surface area contributed by atoms with Gasteiger partial charge in [0.05, 0.1) is 20.9 Å². The predicted octanol–water partition coefficient (Wildman–Crippen LogP) is 10.2. The lowest BCUT2D eigenvalue weighted by Gasteiger charge is -2.39. The van der Waals surface area contributed by atoms with Crippen LogP contribution >= 0.6 is 11.6 Å². The molecule has 3 heterocycles. The van der Waals surface area contributed by atoms with Crippen LogP contribution in [0.25, 0.3) is 16.5 Å². The van der Waals surface area contributed by atoms with Crippen molar-refractivity contribution in [1.82, 2.24) is 19.1 Å². The second-order valence-electron chi connectivity index (χ2n) is 19.6. The summed E-state index contributed by atoms with van der Waals surface area (Å²) in [5.74, 6) is -0.236. The van der Waals surface area contributed by atoms with Crippen LogP contribution in [-0.4, -0.2) is 92.5 Å². The number of nitrogens with one attached hydrogen (secondary N) is 2. The highest BCUT2D eigenvalue weighted by atomic mass is 35.5. The maximum absolute atomic E-state index is 14.2. The normalized spacial score (nSPS) is 17.9. The third-order valence-corrected chi connectivity index (χ3v) is 14.7. The number of rotatable bonds is 12. The summed E-state index contributed by atoms with van der Waals surface area (Å²) in [4.78, 5) is 32.3. The Morgan fingerprint density at radius 2 is 1.65 bits per heavy atom. The van der Waals surface area contributed by atoms with Crippen molar-refractivity contribution in [1.29, 1.82) is 0 Å². The zero-order chi connectivity index (χ0) is 46.3. The van der Waals surface area contributed by atoms with Crippen LogP contribution in [0.15, 0.2) is 102 Å². The van der Waals surface area contributed by atoms with Gasteiger partial charge in [0.15, 0.2) is 0 Å². The van der Waals surface area contributed by atoms with E-state index in [1.165, 1.54) is 28.8 Å². The van der Waals surface area contributed by atoms with E-state index in [0.717, 1.165) is 106 Å². The lowest BCUT2D eigenvalue weighted by atomic mass is 9.72. The van der Waals surface area contributed by atoms with Gasteiger partial charge in [-0.3, -0.25) is 19.8 Å². The number of carbonyl (C=O) groups excluding carboxylic acids is 1. The summed E-state index contributed by atoms with van der Waals surface area (Å²) in [6, 6.07) is 24.8. The fraction of sp³-hybridized carbons (Fsp3) is 0.420. The Labute approximate surface area is 387 Å². The van der Waals surface area contributed by atoms with Gasteiger partial charge in [-0.15, -0.1) is 0 Å². The minimum absolute atomic E-state index is 0.000148. The summed E-state index contributed by atoms with van der Waals surface area (Å²) in [5, 5.41) is 17.0. The topological polar surface area (TPSA) is 142 Å². The standard InChI is InChI=1S/C50H60ClN7O6S/c1-49(2,3)57-25-21-40-44(57)8-7-9-46(40)64-47-30-38(56-28-26-55(27-29-56)33-35-18-22-50(4,5)32-42(35)34-10-12-36(51)13-11-34)14-16-41(47)48(59)53-65(62,63)39-15-17-43(45(31-39)58(60)61)52-37-19-23-54(6)24-20-37/h7-17,21,25,30-31,37,52H,18-20,22-24,26-29,32-33H2,1-6H3,(H,53,59). The molecule has 65 heavy (non-hydrogen) atoms. The number of amides is 1. The number of fused-ring (bicyclic) bond motifs is 1. The smallest absolute Gasteiger partial charge is 0.293 e. The highest BCUT2D eigenvalue weighted by Gasteiger charge is 2.31. The molecule has 1 aromatic heterocycles. The van der Waals surface area contributed by atoms with Gasteiger partial charge in [-0.05, 0) is 144 Å². The van der Waals surface area contributed by atoms with Crippen LogP contribution in [0.3, 0.4) is 0 Å². The first-order valence-corrected chi connectivity index (χ1v) is 24.4. The number of halogens is 1. The minimum atomic E-state index is -4.56. The molecular weight excluding hydrogens is 862 g/mol. The average Bonchev–Trinajstić information content (AvgIpc) is 3.72. The molecule has 2 fully saturated rings. The number of nitro benzene ring substituents is 1. The molecule has 2 saturated heterocycles. The second-order valence-corrected chi connectivity index (χ2v) is 21.7. The molecule has 8 rings (SSSR count). The zero-order valence-corrected chi connectivity index (χ0v) is 39.8. The average molecular weight is 923 g/mol. The molecule has 0 radical (unpaired) electrons. The monoisotopic (exact) mass is 921 g/mol. The molecule has 1 amide bonds. The summed E-state index contributed by atoms with van der Waals surface area (Å²) < 4.78 is 38.7. The van der Waals surface area contributed by atoms with Crippen molar-refractivity contribution in [3.8, 4) is 11.5 Å². The van der Waals surface area contributed by atoms with Crippen molar-refractivity contribution >= 4 is 61.1 Å². The number of piperazine rings is 1. The van der Waals surface area contributed by atoms with Gasteiger partial charge in [-0.1, -0.05) is 49.2 Å². The number of hydrogen-bond acceptors (Lipinski definition) is 10. The molecule has 0 spiro atoms. The zero-order valence-electron chi connectivity index (χ0n) is 38.2. The number of likely N-dealkylation sites (tertiary alicyclic amines) is 1. The van der Waals surface area contributed by atoms with Gasteiger partial charge in [0, 0.05) is 78.7 Å². The molecule has 2 N–H and O–H groups in total. The molecule has 13 nitrogen and oxygen atoms in total. The van der Waals surface area contributed by atoms with E-state index >= 15 is 0 Å². The van der Waals surface area contributed by atoms with Gasteiger partial charge >= 0.3 is 0 Å². The van der Waals surface area contributed by atoms with Crippen molar-refractivity contribution in [2.45, 2.75) is 83.2 Å². The second kappa shape index (κ2) is 18.5. The fourth-order valence-electron chi connectivity index (χ4n) is 9.37. The molecule has 2 aliphatic heterocycles. The number of sulfonamides is 1. The number of nitro groups is 1. The first-order valence-electron chi connectivity index (χ1n) is 22.5. The Balaban J connectivity index is 1.05. The highest BCUT2D eigenvalue weighted by molar-refractivity contribution is 7.90. The maximum Gasteiger partial charge on any atom is 0.293 e. The molecule has 3 aliphatic rings. The van der Waals surface area contributed by atoms with Crippen LogP contribution in [0.1, 0.15) is 82.6 Å². The third-order valence-electron chi connectivity index (χ3n) is 13.2. The quantitative estimate of drug-likeness (QED) is 0.0917. The molecule has 344 valence electrons. The van der Waals surface area contributed by atoms with Crippen LogP contribution in [0, 0.1) is 15.5 Å². The number of nitrogens with zero attached hydrogens (tertiary/aromatic N) is 5. The van der Waals surface area contributed by atoms with Crippen molar-refractivity contribution in [2.24, 2.45) is 5.41 Å². The molecule has 0 unspecified atom stereocenters. The van der Waals surface area contributed by atoms with E-state index in [1.807, 2.05) is 55.7 Å². The molecule has 0 saturated carbocycles. The summed E-state index contributed by atoms with van der Waals surface area (Å²) in [6.45, 7) is 16.7. The summed E-state index contributed by atoms with van der Waals surface area (Å²) in [6.07, 6.45) is 6.80. The number of hydrogen-bond donors (Lipinski definition) is 2. The molecule has 0 atom stereocenters. The molecule has 1 aliphatic carbocycles. The van der Waals surface area contributed by atoms with Gasteiger partial charge in [0.25, 0.3) is 21.6 Å². The third kappa shape index (κ3) is 10.5. The summed E-state index contributed by atoms with van der Waals surface area (Å²) in [7, 11) is -2.53. The highest BCUT2D eigenvalue weighted by Crippen LogP contribution is 2.44. The summed E-state index contributed by atoms with van der Waals surface area (Å²) >= 11 is 6.27. The van der Waals surface area contributed by atoms with Gasteiger partial charge in [0.1, 0.15) is 17.2 Å². The number of anilines is 2. The van der Waals surface area contributed by atoms with Crippen molar-refractivity contribution in [3.63, 3.8) is 0 Å². The molecule has 15 heteroatoms. The lowest BCUT2D eigenvalue weighted by Crippen LogP contribution is -2.47. The Hall–Kier alpha value is -5.41. The van der Waals surface area contributed by atoms with Crippen molar-refractivity contribution in [2.75, 3.05) is 63.1 Å². The first-order chi connectivity index (χ1) is 30.8. The van der Waals surface area contributed by atoms with E-state index < -0.39 is 25.7 Å². The van der Waals surface area contributed by atoms with Crippen molar-refractivity contribution in [3.05, 3.63) is 123 Å². The van der Waals surface area contributed by atoms with Crippen molar-refractivity contribution < 1.29 is 22.9 Å². The predicted molar refractivity (Wildman–Crippen MR) is 260 cm³/mol. The number of piperidine rings is 1. The Kier molecular flexibility index (Phi) is 13.1. The van der Waals surface area contributed by atoms with E-state index in [4.69, 9.17) is 16.3 Å². The molecule has 5 aromatic rings. The number of allylic oxidation sites excluding steroid dienone is 1. The Bertz CT molecular complexity index is 2730. The van der Waals surface area contributed by atoms with Crippen LogP contribution < -0.4 is 19.7 Å². The minimum Gasteiger partial charge on any atom is -0.456 e. The molecule has 4 aromatic carbocycles. The van der Waals surface area contributed by atoms with E-state index in [0.29, 0.717) is 5.75 Å². The van der Waals surface area contributed by atoms with Gasteiger partial charge in [-0.2, -0.15) is 0 Å². The van der Waals surface area contributed by atoms with Crippen LogP contribution in [-0.2, 0) is 15.6 Å². The van der Waals surface area contributed by atoms with E-state index in [1.54, 1.807) is 12.1 Å². The molecule has 0 bridgehead atoms. The Morgan fingerprint density at radius 1 is 0.923 bits per heavy atom. The fourth-order valence-corrected chi connectivity index (χ4v) is 10.5. The van der Waals surface area contributed by atoms with Crippen LogP contribution in [0.4, 0.5) is 17.1 Å². The van der Waals surface area contributed by atoms with E-state index in [-0.39, 0.29) is 39.7 Å². The van der Waals surface area contributed by atoms with Gasteiger partial charge < -0.3 is 24.4 Å². The number of ether oxygens (including phenoxy) is 1. The van der Waals surface area contributed by atoms with E-state index in [9.17, 15) is 23.3 Å².